The lowest BCUT2D eigenvalue weighted by molar-refractivity contribution is 0.0689. The molecule has 0 aliphatic rings. The Balaban J connectivity index is 2.67. The van der Waals surface area contributed by atoms with E-state index in [0.717, 1.165) is 5.69 Å². The number of hydrogen-bond donors (Lipinski definition) is 1. The number of hydrogen-bond acceptors (Lipinski definition) is 4. The van der Waals surface area contributed by atoms with Crippen molar-refractivity contribution in [3.63, 3.8) is 0 Å². The molecule has 0 amide bonds. The molecule has 18 heavy (non-hydrogen) atoms. The minimum Gasteiger partial charge on any atom is -0.476 e. The Labute approximate surface area is 117 Å². The fraction of sp³-hybridized carbons (Fsp3) is 0.273. The van der Waals surface area contributed by atoms with Gasteiger partial charge < -0.3 is 5.11 Å². The predicted octanol–water partition coefficient (Wildman–Crippen LogP) is 2.09. The van der Waals surface area contributed by atoms with E-state index in [-0.39, 0.29) is 11.6 Å². The van der Waals surface area contributed by atoms with Gasteiger partial charge in [-0.05, 0) is 40.6 Å². The third kappa shape index (κ3) is 2.22. The Morgan fingerprint density at radius 1 is 1.50 bits per heavy atom. The van der Waals surface area contributed by atoms with Crippen molar-refractivity contribution >= 4 is 28.6 Å². The first-order valence-corrected chi connectivity index (χ1v) is 6.40. The van der Waals surface area contributed by atoms with Gasteiger partial charge in [0.2, 0.25) is 0 Å². The molecule has 0 aliphatic heterocycles. The summed E-state index contributed by atoms with van der Waals surface area (Å²) in [6.45, 7) is 3.97. The average molecular weight is 358 g/mol. The first-order chi connectivity index (χ1) is 8.52. The van der Waals surface area contributed by atoms with Gasteiger partial charge in [-0.15, -0.1) is 5.10 Å². The molecule has 0 aliphatic carbocycles. The number of aromatic nitrogens is 4. The molecule has 0 bridgehead atoms. The zero-order valence-corrected chi connectivity index (χ0v) is 12.0. The lowest BCUT2D eigenvalue weighted by Gasteiger charge is -2.08. The van der Waals surface area contributed by atoms with Crippen LogP contribution in [-0.2, 0) is 0 Å². The Morgan fingerprint density at radius 3 is 2.72 bits per heavy atom. The molecule has 2 heterocycles. The van der Waals surface area contributed by atoms with Gasteiger partial charge in [0, 0.05) is 6.20 Å². The quantitative estimate of drug-likeness (QED) is 0.850. The SMILES string of the molecule is CC(C)c1c(I)c(C(=O)O)nn1-c1cccnn1. The number of halogens is 1. The van der Waals surface area contributed by atoms with E-state index < -0.39 is 5.97 Å². The molecule has 6 nitrogen and oxygen atoms in total. The second-order valence-electron chi connectivity index (χ2n) is 4.00. The maximum Gasteiger partial charge on any atom is 0.357 e. The van der Waals surface area contributed by atoms with Gasteiger partial charge in [-0.3, -0.25) is 0 Å². The zero-order chi connectivity index (χ0) is 13.3. The normalized spacial score (nSPS) is 10.9. The Morgan fingerprint density at radius 2 is 2.22 bits per heavy atom. The molecule has 0 fully saturated rings. The summed E-state index contributed by atoms with van der Waals surface area (Å²) in [6, 6.07) is 3.48. The smallest absolute Gasteiger partial charge is 0.357 e. The molecule has 94 valence electrons. The molecule has 0 radical (unpaired) electrons. The van der Waals surface area contributed by atoms with Gasteiger partial charge in [-0.25, -0.2) is 9.48 Å². The fourth-order valence-electron chi connectivity index (χ4n) is 1.63. The van der Waals surface area contributed by atoms with Crippen LogP contribution in [0.15, 0.2) is 18.3 Å². The molecule has 0 saturated heterocycles. The second-order valence-corrected chi connectivity index (χ2v) is 5.08. The Bertz CT molecular complexity index is 580. The van der Waals surface area contributed by atoms with Crippen molar-refractivity contribution in [2.45, 2.75) is 19.8 Å². The lowest BCUT2D eigenvalue weighted by Crippen LogP contribution is -2.07. The molecule has 0 aromatic carbocycles. The first kappa shape index (κ1) is 12.9. The van der Waals surface area contributed by atoms with Crippen molar-refractivity contribution in [3.05, 3.63) is 33.3 Å². The number of rotatable bonds is 3. The molecule has 1 N–H and O–H groups in total. The van der Waals surface area contributed by atoms with Crippen molar-refractivity contribution in [1.82, 2.24) is 20.0 Å². The van der Waals surface area contributed by atoms with Crippen LogP contribution in [0.5, 0.6) is 0 Å². The maximum absolute atomic E-state index is 11.1. The average Bonchev–Trinajstić information content (AvgIpc) is 2.68. The van der Waals surface area contributed by atoms with Gasteiger partial charge in [0.1, 0.15) is 0 Å². The lowest BCUT2D eigenvalue weighted by atomic mass is 10.1. The summed E-state index contributed by atoms with van der Waals surface area (Å²) in [7, 11) is 0. The topological polar surface area (TPSA) is 80.9 Å². The van der Waals surface area contributed by atoms with Gasteiger partial charge in [0.25, 0.3) is 0 Å². The van der Waals surface area contributed by atoms with E-state index in [9.17, 15) is 4.79 Å². The highest BCUT2D eigenvalue weighted by molar-refractivity contribution is 14.1. The van der Waals surface area contributed by atoms with Gasteiger partial charge >= 0.3 is 5.97 Å². The number of carbonyl (C=O) groups is 1. The molecule has 0 unspecified atom stereocenters. The summed E-state index contributed by atoms with van der Waals surface area (Å²) in [5, 5.41) is 21.0. The molecule has 0 atom stereocenters. The summed E-state index contributed by atoms with van der Waals surface area (Å²) >= 11 is 2.01. The van der Waals surface area contributed by atoms with E-state index in [1.807, 2.05) is 36.4 Å². The first-order valence-electron chi connectivity index (χ1n) is 5.32. The molecule has 2 rings (SSSR count). The summed E-state index contributed by atoms with van der Waals surface area (Å²) < 4.78 is 2.18. The van der Waals surface area contributed by atoms with Crippen molar-refractivity contribution in [2.24, 2.45) is 0 Å². The van der Waals surface area contributed by atoms with Crippen molar-refractivity contribution in [1.29, 1.82) is 0 Å². The van der Waals surface area contributed by atoms with Crippen LogP contribution < -0.4 is 0 Å². The highest BCUT2D eigenvalue weighted by Gasteiger charge is 2.23. The van der Waals surface area contributed by atoms with E-state index >= 15 is 0 Å². The van der Waals surface area contributed by atoms with E-state index in [2.05, 4.69) is 15.3 Å². The summed E-state index contributed by atoms with van der Waals surface area (Å²) in [6.07, 6.45) is 1.56. The number of aromatic carboxylic acids is 1. The zero-order valence-electron chi connectivity index (χ0n) is 9.83. The standard InChI is InChI=1S/C11H11IN4O2/c1-6(2)10-8(12)9(11(17)18)15-16(10)7-4-3-5-13-14-7/h3-6H,1-2H3,(H,17,18). The van der Waals surface area contributed by atoms with Crippen LogP contribution in [0.25, 0.3) is 5.82 Å². The predicted molar refractivity (Wildman–Crippen MR) is 72.9 cm³/mol. The van der Waals surface area contributed by atoms with Crippen LogP contribution in [0.1, 0.15) is 35.9 Å². The van der Waals surface area contributed by atoms with Gasteiger partial charge in [0.15, 0.2) is 11.5 Å². The molecular weight excluding hydrogens is 347 g/mol. The minimum atomic E-state index is -1.04. The van der Waals surface area contributed by atoms with Crippen molar-refractivity contribution < 1.29 is 9.90 Å². The van der Waals surface area contributed by atoms with Gasteiger partial charge in [-0.2, -0.15) is 10.2 Å². The Hall–Kier alpha value is -1.51. The summed E-state index contributed by atoms with van der Waals surface area (Å²) in [4.78, 5) is 11.1. The van der Waals surface area contributed by atoms with E-state index in [1.54, 1.807) is 23.0 Å². The number of nitrogens with zero attached hydrogens (tertiary/aromatic N) is 4. The third-order valence-corrected chi connectivity index (χ3v) is 3.45. The van der Waals surface area contributed by atoms with Crippen LogP contribution in [0.2, 0.25) is 0 Å². The van der Waals surface area contributed by atoms with Crippen LogP contribution >= 0.6 is 22.6 Å². The van der Waals surface area contributed by atoms with Gasteiger partial charge in [-0.1, -0.05) is 13.8 Å². The van der Waals surface area contributed by atoms with E-state index in [0.29, 0.717) is 9.39 Å². The monoisotopic (exact) mass is 358 g/mol. The fourth-order valence-corrected chi connectivity index (χ4v) is 2.82. The van der Waals surface area contributed by atoms with Crippen molar-refractivity contribution in [2.75, 3.05) is 0 Å². The number of carboxylic acid groups (broad SMARTS) is 1. The third-order valence-electron chi connectivity index (χ3n) is 2.39. The molecule has 0 saturated carbocycles. The Kier molecular flexibility index (Phi) is 3.60. The number of carboxylic acids is 1. The molecular formula is C11H11IN4O2. The summed E-state index contributed by atoms with van der Waals surface area (Å²) in [5.74, 6) is -0.380. The van der Waals surface area contributed by atoms with E-state index in [4.69, 9.17) is 5.11 Å². The van der Waals surface area contributed by atoms with Crippen LogP contribution in [0.3, 0.4) is 0 Å². The van der Waals surface area contributed by atoms with Crippen LogP contribution in [0.4, 0.5) is 0 Å². The van der Waals surface area contributed by atoms with Crippen molar-refractivity contribution in [3.8, 4) is 5.82 Å². The maximum atomic E-state index is 11.1. The summed E-state index contributed by atoms with van der Waals surface area (Å²) in [5.41, 5.74) is 0.874. The van der Waals surface area contributed by atoms with Crippen LogP contribution in [0, 0.1) is 3.57 Å². The highest BCUT2D eigenvalue weighted by Crippen LogP contribution is 2.26. The molecule has 2 aromatic rings. The molecule has 7 heteroatoms. The molecule has 2 aromatic heterocycles. The molecule has 0 spiro atoms. The van der Waals surface area contributed by atoms with Gasteiger partial charge in [0.05, 0.1) is 9.26 Å². The van der Waals surface area contributed by atoms with Crippen LogP contribution in [-0.4, -0.2) is 31.1 Å². The highest BCUT2D eigenvalue weighted by atomic mass is 127. The largest absolute Gasteiger partial charge is 0.476 e. The van der Waals surface area contributed by atoms with E-state index in [1.165, 1.54) is 0 Å². The minimum absolute atomic E-state index is 0.0463. The second kappa shape index (κ2) is 5.01.